The van der Waals surface area contributed by atoms with E-state index in [1.807, 2.05) is 44.2 Å². The number of aromatic amines is 1. The average molecular weight is 610 g/mol. The van der Waals surface area contributed by atoms with Gasteiger partial charge in [0.15, 0.2) is 5.03 Å². The number of nitrogens with one attached hydrogen (secondary N) is 4. The molecule has 0 fully saturated rings. The van der Waals surface area contributed by atoms with Crippen LogP contribution in [0.2, 0.25) is 0 Å². The highest BCUT2D eigenvalue weighted by molar-refractivity contribution is 7.99. The standard InChI is InChI=1S/C29H35N7O6S/c1-19(2)13-22(17-37)33-27(39)24(15-21-16-30-18-32-21)35-28(40)23(14-20-7-4-3-5-8-20)34-26(38)10-12-43-29-25(36(41)42)9-6-11-31-29/h3-9,11,16-19,22-24H,10,12-15H2,1-2H3,(H,30,32)(H,33,39)(H,34,38)(H,35,40)/t22-,23-,24-/m0/s1. The summed E-state index contributed by atoms with van der Waals surface area (Å²) >= 11 is 1.07. The van der Waals surface area contributed by atoms with Crippen molar-refractivity contribution in [2.24, 2.45) is 5.92 Å². The predicted molar refractivity (Wildman–Crippen MR) is 160 cm³/mol. The fourth-order valence-corrected chi connectivity index (χ4v) is 5.14. The fraction of sp³-hybridized carbons (Fsp3) is 0.379. The molecule has 3 aromatic rings. The van der Waals surface area contributed by atoms with Crippen LogP contribution in [0.15, 0.2) is 66.2 Å². The van der Waals surface area contributed by atoms with Crippen LogP contribution in [0.5, 0.6) is 0 Å². The summed E-state index contributed by atoms with van der Waals surface area (Å²) in [5, 5.41) is 19.6. The number of thioether (sulfide) groups is 1. The first-order valence-electron chi connectivity index (χ1n) is 13.8. The van der Waals surface area contributed by atoms with Gasteiger partial charge in [-0.15, -0.1) is 0 Å². The zero-order valence-electron chi connectivity index (χ0n) is 23.9. The molecular formula is C29H35N7O6S. The number of nitrogens with zero attached hydrogens (tertiary/aromatic N) is 3. The first kappa shape index (κ1) is 32.9. The molecule has 3 atom stereocenters. The largest absolute Gasteiger partial charge is 0.351 e. The Labute approximate surface area is 253 Å². The smallest absolute Gasteiger partial charge is 0.301 e. The van der Waals surface area contributed by atoms with Crippen molar-refractivity contribution in [3.63, 3.8) is 0 Å². The van der Waals surface area contributed by atoms with Crippen LogP contribution in [-0.4, -0.2) is 67.8 Å². The Hall–Kier alpha value is -4.59. The van der Waals surface area contributed by atoms with Crippen LogP contribution in [-0.2, 0) is 32.0 Å². The van der Waals surface area contributed by atoms with E-state index in [4.69, 9.17) is 0 Å². The van der Waals surface area contributed by atoms with E-state index in [0.29, 0.717) is 18.4 Å². The van der Waals surface area contributed by atoms with E-state index in [9.17, 15) is 29.3 Å². The molecule has 1 aromatic carbocycles. The molecule has 4 N–H and O–H groups in total. The molecule has 43 heavy (non-hydrogen) atoms. The molecule has 2 aromatic heterocycles. The highest BCUT2D eigenvalue weighted by atomic mass is 32.2. The number of carbonyl (C=O) groups is 4. The van der Waals surface area contributed by atoms with E-state index < -0.39 is 40.8 Å². The number of imidazole rings is 1. The molecule has 0 aliphatic carbocycles. The van der Waals surface area contributed by atoms with Crippen LogP contribution < -0.4 is 16.0 Å². The molecule has 0 spiro atoms. The molecule has 3 rings (SSSR count). The molecule has 0 aliphatic rings. The van der Waals surface area contributed by atoms with Crippen LogP contribution in [0.1, 0.15) is 37.9 Å². The number of H-pyrrole nitrogens is 1. The molecule has 0 saturated carbocycles. The van der Waals surface area contributed by atoms with E-state index in [1.54, 1.807) is 6.20 Å². The lowest BCUT2D eigenvalue weighted by Gasteiger charge is -2.24. The number of nitro groups is 1. The molecule has 2 heterocycles. The average Bonchev–Trinajstić information content (AvgIpc) is 3.49. The lowest BCUT2D eigenvalue weighted by molar-refractivity contribution is -0.388. The topological polar surface area (TPSA) is 189 Å². The number of benzene rings is 1. The summed E-state index contributed by atoms with van der Waals surface area (Å²) in [6.07, 6.45) is 5.76. The van der Waals surface area contributed by atoms with Crippen LogP contribution in [0.4, 0.5) is 5.69 Å². The normalized spacial score (nSPS) is 13.0. The van der Waals surface area contributed by atoms with Gasteiger partial charge in [0.2, 0.25) is 17.7 Å². The maximum Gasteiger partial charge on any atom is 0.301 e. The molecule has 0 bridgehead atoms. The Morgan fingerprint density at radius 3 is 2.37 bits per heavy atom. The molecule has 0 saturated heterocycles. The van der Waals surface area contributed by atoms with Crippen molar-refractivity contribution < 1.29 is 24.1 Å². The van der Waals surface area contributed by atoms with Gasteiger partial charge in [0.25, 0.3) is 0 Å². The molecule has 14 heteroatoms. The van der Waals surface area contributed by atoms with Gasteiger partial charge in [-0.2, -0.15) is 0 Å². The van der Waals surface area contributed by atoms with Crippen molar-refractivity contribution in [3.05, 3.63) is 82.6 Å². The molecule has 228 valence electrons. The monoisotopic (exact) mass is 609 g/mol. The number of carbonyl (C=O) groups excluding carboxylic acids is 4. The summed E-state index contributed by atoms with van der Waals surface area (Å²) in [6.45, 7) is 3.86. The minimum absolute atomic E-state index is 0.0373. The van der Waals surface area contributed by atoms with Gasteiger partial charge >= 0.3 is 5.69 Å². The summed E-state index contributed by atoms with van der Waals surface area (Å²) in [5.41, 5.74) is 1.16. The van der Waals surface area contributed by atoms with Crippen LogP contribution in [0.25, 0.3) is 0 Å². The van der Waals surface area contributed by atoms with Gasteiger partial charge in [-0.05, 0) is 24.0 Å². The number of aldehydes is 1. The zero-order chi connectivity index (χ0) is 31.2. The molecule has 0 radical (unpaired) electrons. The number of rotatable bonds is 17. The van der Waals surface area contributed by atoms with Gasteiger partial charge in [0.1, 0.15) is 18.4 Å². The van der Waals surface area contributed by atoms with Crippen LogP contribution in [0.3, 0.4) is 0 Å². The van der Waals surface area contributed by atoms with Crippen LogP contribution >= 0.6 is 11.8 Å². The lowest BCUT2D eigenvalue weighted by Crippen LogP contribution is -2.56. The first-order chi connectivity index (χ1) is 20.7. The van der Waals surface area contributed by atoms with Gasteiger partial charge in [0.05, 0.1) is 23.0 Å². The Bertz CT molecular complexity index is 1370. The quantitative estimate of drug-likeness (QED) is 0.0771. The highest BCUT2D eigenvalue weighted by Crippen LogP contribution is 2.26. The van der Waals surface area contributed by atoms with Gasteiger partial charge < -0.3 is 25.7 Å². The van der Waals surface area contributed by atoms with Crippen LogP contribution in [0, 0.1) is 16.0 Å². The Kier molecular flexibility index (Phi) is 12.8. The number of hydrogen-bond acceptors (Lipinski definition) is 9. The molecular weight excluding hydrogens is 574 g/mol. The second kappa shape index (κ2) is 16.8. The Morgan fingerprint density at radius 2 is 1.72 bits per heavy atom. The van der Waals surface area contributed by atoms with E-state index in [0.717, 1.165) is 17.3 Å². The minimum atomic E-state index is -1.07. The minimum Gasteiger partial charge on any atom is -0.351 e. The second-order valence-electron chi connectivity index (χ2n) is 10.2. The van der Waals surface area contributed by atoms with E-state index >= 15 is 0 Å². The van der Waals surface area contributed by atoms with Gasteiger partial charge in [-0.1, -0.05) is 55.9 Å². The number of aromatic nitrogens is 3. The van der Waals surface area contributed by atoms with Gasteiger partial charge in [-0.3, -0.25) is 24.5 Å². The first-order valence-corrected chi connectivity index (χ1v) is 14.7. The molecule has 13 nitrogen and oxygen atoms in total. The van der Waals surface area contributed by atoms with Crippen molar-refractivity contribution >= 4 is 41.5 Å². The van der Waals surface area contributed by atoms with E-state index in [1.165, 1.54) is 24.7 Å². The zero-order valence-corrected chi connectivity index (χ0v) is 24.7. The van der Waals surface area contributed by atoms with Crippen molar-refractivity contribution in [1.82, 2.24) is 30.9 Å². The summed E-state index contributed by atoms with van der Waals surface area (Å²) < 4.78 is 0. The third kappa shape index (κ3) is 11.0. The van der Waals surface area contributed by atoms with Gasteiger partial charge in [-0.25, -0.2) is 9.97 Å². The number of amides is 3. The fourth-order valence-electron chi connectivity index (χ4n) is 4.23. The highest BCUT2D eigenvalue weighted by Gasteiger charge is 2.29. The van der Waals surface area contributed by atoms with Crippen molar-refractivity contribution in [2.75, 3.05) is 5.75 Å². The molecule has 0 aliphatic heterocycles. The third-order valence-electron chi connectivity index (χ3n) is 6.27. The van der Waals surface area contributed by atoms with Crippen molar-refractivity contribution in [1.29, 1.82) is 0 Å². The number of pyridine rings is 1. The van der Waals surface area contributed by atoms with E-state index in [2.05, 4.69) is 30.9 Å². The molecule has 0 unspecified atom stereocenters. The summed E-state index contributed by atoms with van der Waals surface area (Å²) in [6, 6.07) is 9.06. The summed E-state index contributed by atoms with van der Waals surface area (Å²) in [4.78, 5) is 73.1. The van der Waals surface area contributed by atoms with Crippen molar-refractivity contribution in [3.8, 4) is 0 Å². The summed E-state index contributed by atoms with van der Waals surface area (Å²) in [7, 11) is 0. The Balaban J connectivity index is 1.72. The summed E-state index contributed by atoms with van der Waals surface area (Å²) in [5.74, 6) is -1.24. The molecule has 3 amide bonds. The van der Waals surface area contributed by atoms with E-state index in [-0.39, 0.29) is 41.6 Å². The predicted octanol–water partition coefficient (Wildman–Crippen LogP) is 2.38. The number of hydrogen-bond donors (Lipinski definition) is 4. The third-order valence-corrected chi connectivity index (χ3v) is 7.26. The lowest BCUT2D eigenvalue weighted by atomic mass is 10.0. The maximum atomic E-state index is 13.6. The second-order valence-corrected chi connectivity index (χ2v) is 11.3. The van der Waals surface area contributed by atoms with Gasteiger partial charge in [0, 0.05) is 43.5 Å². The Morgan fingerprint density at radius 1 is 1.00 bits per heavy atom. The maximum absolute atomic E-state index is 13.6. The van der Waals surface area contributed by atoms with Crippen molar-refractivity contribution in [2.45, 2.75) is 62.7 Å². The SMILES string of the molecule is CC(C)C[C@@H](C=O)NC(=O)[C@H](Cc1c[nH]cn1)NC(=O)[C@H](Cc1ccccc1)NC(=O)CCSc1ncccc1[N+](=O)[O-].